The molecule has 1 aromatic heterocycles. The summed E-state index contributed by atoms with van der Waals surface area (Å²) in [6, 6.07) is 9.72. The molecule has 2 N–H and O–H groups in total. The summed E-state index contributed by atoms with van der Waals surface area (Å²) in [6.45, 7) is 1.27. The zero-order chi connectivity index (χ0) is 19.7. The van der Waals surface area contributed by atoms with Gasteiger partial charge in [0.15, 0.2) is 5.17 Å². The van der Waals surface area contributed by atoms with Gasteiger partial charge in [-0.15, -0.1) is 0 Å². The Labute approximate surface area is 165 Å². The highest BCUT2D eigenvalue weighted by Gasteiger charge is 2.30. The molecule has 8 heteroatoms. The molecule has 2 amide bonds. The minimum Gasteiger partial charge on any atom is -0.457 e. The van der Waals surface area contributed by atoms with Crippen molar-refractivity contribution in [2.45, 2.75) is 12.8 Å². The van der Waals surface area contributed by atoms with Gasteiger partial charge in [-0.3, -0.25) is 9.59 Å². The molecular formula is C20H18FN3O3S. The first-order valence-electron chi connectivity index (χ1n) is 8.93. The van der Waals surface area contributed by atoms with Crippen LogP contribution in [-0.2, 0) is 9.59 Å². The first kappa shape index (κ1) is 18.5. The monoisotopic (exact) mass is 399 g/mol. The van der Waals surface area contributed by atoms with Crippen LogP contribution >= 0.6 is 11.8 Å². The summed E-state index contributed by atoms with van der Waals surface area (Å²) in [4.78, 5) is 30.1. The molecule has 0 aliphatic carbocycles. The second-order valence-corrected chi connectivity index (χ2v) is 7.66. The van der Waals surface area contributed by atoms with Crippen molar-refractivity contribution >= 4 is 34.8 Å². The number of thioether (sulfide) groups is 1. The number of primary amides is 1. The number of hydrogen-bond donors (Lipinski definition) is 1. The van der Waals surface area contributed by atoms with Gasteiger partial charge in [-0.05, 0) is 48.9 Å². The van der Waals surface area contributed by atoms with Crippen LogP contribution in [0.25, 0.3) is 17.4 Å². The van der Waals surface area contributed by atoms with Crippen molar-refractivity contribution in [1.29, 1.82) is 0 Å². The molecule has 4 rings (SSSR count). The van der Waals surface area contributed by atoms with Crippen LogP contribution in [0.15, 0.2) is 50.7 Å². The first-order valence-corrected chi connectivity index (χ1v) is 9.74. The Bertz CT molecular complexity index is 990. The predicted octanol–water partition coefficient (Wildman–Crippen LogP) is 3.25. The molecule has 1 aromatic carbocycles. The smallest absolute Gasteiger partial charge is 0.286 e. The van der Waals surface area contributed by atoms with Crippen LogP contribution < -0.4 is 5.73 Å². The van der Waals surface area contributed by atoms with Gasteiger partial charge >= 0.3 is 0 Å². The van der Waals surface area contributed by atoms with E-state index in [1.165, 1.54) is 17.8 Å². The van der Waals surface area contributed by atoms with E-state index in [1.54, 1.807) is 36.4 Å². The van der Waals surface area contributed by atoms with Crippen LogP contribution in [0.1, 0.15) is 18.6 Å². The molecule has 6 nitrogen and oxygen atoms in total. The Balaban J connectivity index is 1.45. The fourth-order valence-electron chi connectivity index (χ4n) is 3.25. The van der Waals surface area contributed by atoms with E-state index in [0.717, 1.165) is 0 Å². The Morgan fingerprint density at radius 3 is 2.71 bits per heavy atom. The number of benzene rings is 1. The van der Waals surface area contributed by atoms with Gasteiger partial charge < -0.3 is 15.1 Å². The Hall–Kier alpha value is -2.87. The molecule has 0 atom stereocenters. The third-order valence-electron chi connectivity index (χ3n) is 4.82. The second kappa shape index (κ2) is 7.63. The van der Waals surface area contributed by atoms with Crippen molar-refractivity contribution in [1.82, 2.24) is 4.90 Å². The molecule has 0 radical (unpaired) electrons. The number of carbonyl (C=O) groups is 2. The molecule has 2 aliphatic rings. The summed E-state index contributed by atoms with van der Waals surface area (Å²) in [6.07, 6.45) is 2.93. The van der Waals surface area contributed by atoms with E-state index < -0.39 is 0 Å². The van der Waals surface area contributed by atoms with Crippen LogP contribution in [0, 0.1) is 11.7 Å². The highest BCUT2D eigenvalue weighted by Crippen LogP contribution is 2.33. The van der Waals surface area contributed by atoms with E-state index in [4.69, 9.17) is 10.2 Å². The maximum absolute atomic E-state index is 13.9. The number of halogens is 1. The lowest BCUT2D eigenvalue weighted by Gasteiger charge is -2.31. The number of amidine groups is 1. The van der Waals surface area contributed by atoms with Crippen molar-refractivity contribution in [2.24, 2.45) is 16.6 Å². The van der Waals surface area contributed by atoms with E-state index in [0.29, 0.717) is 53.1 Å². The highest BCUT2D eigenvalue weighted by atomic mass is 32.2. The zero-order valence-corrected chi connectivity index (χ0v) is 15.7. The summed E-state index contributed by atoms with van der Waals surface area (Å²) in [5.41, 5.74) is 5.73. The quantitative estimate of drug-likeness (QED) is 0.801. The van der Waals surface area contributed by atoms with Crippen molar-refractivity contribution in [2.75, 3.05) is 13.1 Å². The van der Waals surface area contributed by atoms with E-state index >= 15 is 0 Å². The molecule has 1 fully saturated rings. The molecule has 28 heavy (non-hydrogen) atoms. The molecule has 0 bridgehead atoms. The maximum atomic E-state index is 13.9. The number of rotatable bonds is 3. The number of nitrogens with two attached hydrogens (primary N) is 1. The molecule has 3 heterocycles. The van der Waals surface area contributed by atoms with Crippen LogP contribution in [-0.4, -0.2) is 35.0 Å². The third-order valence-corrected chi connectivity index (χ3v) is 5.86. The average molecular weight is 399 g/mol. The van der Waals surface area contributed by atoms with Crippen LogP contribution in [0.5, 0.6) is 0 Å². The van der Waals surface area contributed by atoms with Crippen LogP contribution in [0.2, 0.25) is 0 Å². The molecule has 2 aromatic rings. The van der Waals surface area contributed by atoms with E-state index in [9.17, 15) is 14.0 Å². The SMILES string of the molecule is NC(=O)C1CCN(C2=NC(=O)/C(=C\c3ccc(-c4ccccc4F)o3)S2)CC1. The highest BCUT2D eigenvalue weighted by molar-refractivity contribution is 8.18. The van der Waals surface area contributed by atoms with E-state index in [1.807, 2.05) is 4.90 Å². The second-order valence-electron chi connectivity index (χ2n) is 6.66. The van der Waals surface area contributed by atoms with Crippen LogP contribution in [0.3, 0.4) is 0 Å². The lowest BCUT2D eigenvalue weighted by atomic mass is 9.97. The van der Waals surface area contributed by atoms with Crippen molar-refractivity contribution < 1.29 is 18.4 Å². The van der Waals surface area contributed by atoms with Gasteiger partial charge in [0.25, 0.3) is 5.91 Å². The minimum atomic E-state index is -0.368. The summed E-state index contributed by atoms with van der Waals surface area (Å²) >= 11 is 1.28. The molecule has 0 spiro atoms. The summed E-state index contributed by atoms with van der Waals surface area (Å²) < 4.78 is 19.6. The fraction of sp³-hybridized carbons (Fsp3) is 0.250. The Kier molecular flexibility index (Phi) is 5.04. The normalized spacial score (nSPS) is 19.3. The molecule has 0 unspecified atom stereocenters. The summed E-state index contributed by atoms with van der Waals surface area (Å²) in [5.74, 6) is -0.240. The minimum absolute atomic E-state index is 0.117. The van der Waals surface area contributed by atoms with Crippen molar-refractivity contribution in [3.05, 3.63) is 52.9 Å². The third kappa shape index (κ3) is 3.73. The number of hydrogen-bond acceptors (Lipinski definition) is 5. The predicted molar refractivity (Wildman–Crippen MR) is 106 cm³/mol. The van der Waals surface area contributed by atoms with Crippen LogP contribution in [0.4, 0.5) is 4.39 Å². The lowest BCUT2D eigenvalue weighted by Crippen LogP contribution is -2.40. The fourth-order valence-corrected chi connectivity index (χ4v) is 4.20. The van der Waals surface area contributed by atoms with Gasteiger partial charge in [-0.1, -0.05) is 12.1 Å². The Morgan fingerprint density at radius 1 is 1.25 bits per heavy atom. The number of amides is 2. The molecule has 2 aliphatic heterocycles. The number of carbonyl (C=O) groups excluding carboxylic acids is 2. The average Bonchev–Trinajstić information content (AvgIpc) is 3.30. The molecular weight excluding hydrogens is 381 g/mol. The first-order chi connectivity index (χ1) is 13.5. The number of nitrogens with zero attached hydrogens (tertiary/aromatic N) is 2. The number of aliphatic imine (C=N–C) groups is 1. The molecule has 1 saturated heterocycles. The zero-order valence-electron chi connectivity index (χ0n) is 14.9. The van der Waals surface area contributed by atoms with Crippen molar-refractivity contribution in [3.63, 3.8) is 0 Å². The van der Waals surface area contributed by atoms with Gasteiger partial charge in [0.1, 0.15) is 17.3 Å². The largest absolute Gasteiger partial charge is 0.457 e. The van der Waals surface area contributed by atoms with E-state index in [2.05, 4.69) is 4.99 Å². The van der Waals surface area contributed by atoms with Gasteiger partial charge in [-0.25, -0.2) is 4.39 Å². The maximum Gasteiger partial charge on any atom is 0.286 e. The summed E-state index contributed by atoms with van der Waals surface area (Å²) in [5, 5.41) is 0.625. The van der Waals surface area contributed by atoms with Gasteiger partial charge in [0.2, 0.25) is 5.91 Å². The number of piperidine rings is 1. The van der Waals surface area contributed by atoms with Gasteiger partial charge in [-0.2, -0.15) is 4.99 Å². The number of furan rings is 1. The lowest BCUT2D eigenvalue weighted by molar-refractivity contribution is -0.123. The number of likely N-dealkylation sites (tertiary alicyclic amines) is 1. The van der Waals surface area contributed by atoms with Gasteiger partial charge in [0, 0.05) is 25.1 Å². The standard InChI is InChI=1S/C20H18FN3O3S/c21-15-4-2-1-3-14(15)16-6-5-13(27-16)11-17-19(26)23-20(28-17)24-9-7-12(8-10-24)18(22)25/h1-6,11-12H,7-10H2,(H2,22,25)/b17-11+. The molecule has 0 saturated carbocycles. The molecule has 144 valence electrons. The summed E-state index contributed by atoms with van der Waals surface area (Å²) in [7, 11) is 0. The van der Waals surface area contributed by atoms with Crippen molar-refractivity contribution in [3.8, 4) is 11.3 Å². The van der Waals surface area contributed by atoms with Gasteiger partial charge in [0.05, 0.1) is 10.5 Å². The van der Waals surface area contributed by atoms with E-state index in [-0.39, 0.29) is 23.5 Å². The Morgan fingerprint density at radius 2 is 2.00 bits per heavy atom. The topological polar surface area (TPSA) is 88.9 Å².